The molecule has 3 rings (SSSR count). The van der Waals surface area contributed by atoms with Crippen molar-refractivity contribution in [1.29, 1.82) is 0 Å². The molecule has 0 saturated heterocycles. The summed E-state index contributed by atoms with van der Waals surface area (Å²) in [5, 5.41) is 4.34. The Balaban J connectivity index is 1.76. The van der Waals surface area contributed by atoms with Crippen molar-refractivity contribution in [2.45, 2.75) is 6.18 Å². The minimum absolute atomic E-state index is 0.0422. The quantitative estimate of drug-likeness (QED) is 0.276. The molecule has 0 atom stereocenters. The molecule has 0 bridgehead atoms. The maximum Gasteiger partial charge on any atom is 0.417 e. The first kappa shape index (κ1) is 22.1. The lowest BCUT2D eigenvalue weighted by Gasteiger charge is -2.08. The van der Waals surface area contributed by atoms with Crippen LogP contribution in [0.15, 0.2) is 47.8 Å². The zero-order valence-corrected chi connectivity index (χ0v) is 17.4. The third-order valence-corrected chi connectivity index (χ3v) is 4.85. The van der Waals surface area contributed by atoms with E-state index in [0.717, 1.165) is 6.07 Å². The van der Waals surface area contributed by atoms with Gasteiger partial charge in [-0.15, -0.1) is 0 Å². The molecule has 0 aliphatic rings. The maximum atomic E-state index is 12.7. The summed E-state index contributed by atoms with van der Waals surface area (Å²) in [4.78, 5) is 16.3. The number of nitrogens with zero attached hydrogens (tertiary/aromatic N) is 3. The van der Waals surface area contributed by atoms with E-state index in [-0.39, 0.29) is 21.6 Å². The number of aryl methyl sites for hydroxylation is 1. The van der Waals surface area contributed by atoms with Gasteiger partial charge in [-0.25, -0.2) is 4.98 Å². The summed E-state index contributed by atoms with van der Waals surface area (Å²) in [6.45, 7) is 0. The minimum atomic E-state index is -4.54. The molecule has 1 aromatic carbocycles. The van der Waals surface area contributed by atoms with Gasteiger partial charge >= 0.3 is 6.18 Å². The van der Waals surface area contributed by atoms with Crippen LogP contribution >= 0.6 is 34.8 Å². The van der Waals surface area contributed by atoms with E-state index in [1.165, 1.54) is 18.3 Å². The number of aromatic nitrogens is 2. The summed E-state index contributed by atoms with van der Waals surface area (Å²) in [6.07, 6.45) is -0.926. The number of nitrogens with one attached hydrogen (secondary N) is 1. The smallest absolute Gasteiger partial charge is 0.349 e. The van der Waals surface area contributed by atoms with Crippen LogP contribution in [0.25, 0.3) is 0 Å². The Kier molecular flexibility index (Phi) is 6.40. The molecular weight excluding hydrogens is 464 g/mol. The van der Waals surface area contributed by atoms with Gasteiger partial charge in [-0.05, 0) is 30.3 Å². The van der Waals surface area contributed by atoms with Crippen LogP contribution < -0.4 is 5.43 Å². The van der Waals surface area contributed by atoms with Gasteiger partial charge in [0.15, 0.2) is 11.6 Å². The van der Waals surface area contributed by atoms with E-state index in [1.54, 1.807) is 29.9 Å². The first-order valence-corrected chi connectivity index (χ1v) is 9.37. The molecule has 2 heterocycles. The third kappa shape index (κ3) is 4.95. The van der Waals surface area contributed by atoms with Crippen LogP contribution in [-0.4, -0.2) is 21.5 Å². The molecule has 3 aromatic rings. The zero-order valence-electron chi connectivity index (χ0n) is 15.1. The van der Waals surface area contributed by atoms with Gasteiger partial charge in [-0.1, -0.05) is 34.8 Å². The van der Waals surface area contributed by atoms with Crippen molar-refractivity contribution in [2.75, 3.05) is 5.43 Å². The molecular formula is C19H12Cl3F3N4O. The Hall–Kier alpha value is -2.55. The highest BCUT2D eigenvalue weighted by Crippen LogP contribution is 2.32. The van der Waals surface area contributed by atoms with E-state index >= 15 is 0 Å². The molecule has 2 aromatic heterocycles. The summed E-state index contributed by atoms with van der Waals surface area (Å²) in [7, 11) is 1.70. The highest BCUT2D eigenvalue weighted by Gasteiger charge is 2.31. The molecule has 0 saturated carbocycles. The molecule has 0 fully saturated rings. The van der Waals surface area contributed by atoms with Crippen LogP contribution in [0.1, 0.15) is 27.2 Å². The monoisotopic (exact) mass is 474 g/mol. The van der Waals surface area contributed by atoms with Gasteiger partial charge in [0.05, 0.1) is 27.5 Å². The number of hydrazone groups is 1. The van der Waals surface area contributed by atoms with Crippen molar-refractivity contribution in [3.05, 3.63) is 80.2 Å². The van der Waals surface area contributed by atoms with E-state index < -0.39 is 11.7 Å². The first-order valence-electron chi connectivity index (χ1n) is 8.24. The van der Waals surface area contributed by atoms with Gasteiger partial charge < -0.3 is 4.57 Å². The van der Waals surface area contributed by atoms with Crippen molar-refractivity contribution in [3.63, 3.8) is 0 Å². The van der Waals surface area contributed by atoms with Crippen LogP contribution in [0.4, 0.5) is 19.0 Å². The second kappa shape index (κ2) is 8.67. The highest BCUT2D eigenvalue weighted by molar-refractivity contribution is 6.37. The topological polar surface area (TPSA) is 59.3 Å². The number of halogens is 6. The number of benzene rings is 1. The molecule has 11 heteroatoms. The fourth-order valence-electron chi connectivity index (χ4n) is 2.50. The van der Waals surface area contributed by atoms with Crippen LogP contribution in [0, 0.1) is 0 Å². The van der Waals surface area contributed by atoms with Gasteiger partial charge in [0.2, 0.25) is 0 Å². The van der Waals surface area contributed by atoms with Crippen LogP contribution in [0.2, 0.25) is 15.1 Å². The summed E-state index contributed by atoms with van der Waals surface area (Å²) in [5.74, 6) is -0.341. The van der Waals surface area contributed by atoms with Crippen molar-refractivity contribution in [3.8, 4) is 0 Å². The molecule has 156 valence electrons. The summed E-state index contributed by atoms with van der Waals surface area (Å²) in [5.41, 5.74) is 2.72. The molecule has 0 aliphatic carbocycles. The van der Waals surface area contributed by atoms with Gasteiger partial charge in [0.1, 0.15) is 0 Å². The summed E-state index contributed by atoms with van der Waals surface area (Å²) < 4.78 is 39.6. The predicted octanol–water partition coefficient (Wildman–Crippen LogP) is 6.08. The Labute approximate surface area is 184 Å². The van der Waals surface area contributed by atoms with Crippen LogP contribution in [0.5, 0.6) is 0 Å². The number of alkyl halides is 3. The lowest BCUT2D eigenvalue weighted by molar-refractivity contribution is -0.137. The molecule has 30 heavy (non-hydrogen) atoms. The normalized spacial score (nSPS) is 11.8. The SMILES string of the molecule is Cn1cc(C(=O)c2ccc(Cl)cc2Cl)cc1/C=N/Nc1ncc(C(F)(F)F)cc1Cl. The second-order valence-corrected chi connectivity index (χ2v) is 7.39. The Morgan fingerprint density at radius 2 is 1.90 bits per heavy atom. The number of ketones is 1. The maximum absolute atomic E-state index is 12.7. The lowest BCUT2D eigenvalue weighted by atomic mass is 10.1. The summed E-state index contributed by atoms with van der Waals surface area (Å²) >= 11 is 17.8. The van der Waals surface area contributed by atoms with E-state index in [1.807, 2.05) is 0 Å². The van der Waals surface area contributed by atoms with Crippen molar-refractivity contribution >= 4 is 52.6 Å². The molecule has 0 unspecified atom stereocenters. The number of hydrogen-bond donors (Lipinski definition) is 1. The number of rotatable bonds is 5. The zero-order chi connectivity index (χ0) is 22.1. The van der Waals surface area contributed by atoms with Crippen molar-refractivity contribution in [2.24, 2.45) is 12.1 Å². The highest BCUT2D eigenvalue weighted by atomic mass is 35.5. The fraction of sp³-hybridized carbons (Fsp3) is 0.105. The first-order chi connectivity index (χ1) is 14.1. The lowest BCUT2D eigenvalue weighted by Crippen LogP contribution is -2.06. The van der Waals surface area contributed by atoms with E-state index in [4.69, 9.17) is 34.8 Å². The number of carbonyl (C=O) groups is 1. The fourth-order valence-corrected chi connectivity index (χ4v) is 3.20. The average molecular weight is 476 g/mol. The average Bonchev–Trinajstić information content (AvgIpc) is 3.02. The van der Waals surface area contributed by atoms with Crippen molar-refractivity contribution < 1.29 is 18.0 Å². The minimum Gasteiger partial charge on any atom is -0.349 e. The molecule has 0 spiro atoms. The van der Waals surface area contributed by atoms with E-state index in [2.05, 4.69) is 15.5 Å². The largest absolute Gasteiger partial charge is 0.417 e. The number of anilines is 1. The molecule has 0 aliphatic heterocycles. The van der Waals surface area contributed by atoms with E-state index in [0.29, 0.717) is 28.0 Å². The Morgan fingerprint density at radius 3 is 2.53 bits per heavy atom. The van der Waals surface area contributed by atoms with Crippen LogP contribution in [-0.2, 0) is 13.2 Å². The molecule has 5 nitrogen and oxygen atoms in total. The van der Waals surface area contributed by atoms with Gasteiger partial charge in [0.25, 0.3) is 0 Å². The molecule has 0 radical (unpaired) electrons. The standard InChI is InChI=1S/C19H12Cl3F3N4O/c1-29-9-10(17(30)14-3-2-12(20)6-15(14)21)4-13(29)8-27-28-18-16(22)5-11(7-26-18)19(23,24)25/h2-9H,1H3,(H,26,28)/b27-8+. The van der Waals surface area contributed by atoms with Gasteiger partial charge in [-0.2, -0.15) is 18.3 Å². The van der Waals surface area contributed by atoms with E-state index in [9.17, 15) is 18.0 Å². The summed E-state index contributed by atoms with van der Waals surface area (Å²) in [6, 6.07) is 6.92. The Bertz CT molecular complexity index is 1140. The number of hydrogen-bond acceptors (Lipinski definition) is 4. The molecule has 0 amide bonds. The third-order valence-electron chi connectivity index (χ3n) is 4.02. The van der Waals surface area contributed by atoms with Crippen LogP contribution in [0.3, 0.4) is 0 Å². The predicted molar refractivity (Wildman–Crippen MR) is 111 cm³/mol. The van der Waals surface area contributed by atoms with Crippen molar-refractivity contribution in [1.82, 2.24) is 9.55 Å². The Morgan fingerprint density at radius 1 is 1.17 bits per heavy atom. The van der Waals surface area contributed by atoms with Gasteiger partial charge in [-0.3, -0.25) is 10.2 Å². The molecule has 1 N–H and O–H groups in total. The second-order valence-electron chi connectivity index (χ2n) is 6.14. The number of carbonyl (C=O) groups excluding carboxylic acids is 1. The number of pyridine rings is 1. The van der Waals surface area contributed by atoms with Gasteiger partial charge in [0, 0.05) is 35.6 Å².